The number of H-pyrrole nitrogens is 1. The standard InChI is InChI=1S/C21H23N7/c1-3-28(4-2)14-18-23-21(27-26-18)25-20-16-12-8-9-13-17(16)22-19(24-20)15-10-6-5-7-11-15/h5-13H,3-4,14H2,1-2H3,(H2,22,23,24,25,26,27). The van der Waals surface area contributed by atoms with Crippen LogP contribution in [0.15, 0.2) is 54.6 Å². The van der Waals surface area contributed by atoms with Crippen molar-refractivity contribution < 1.29 is 0 Å². The van der Waals surface area contributed by atoms with Gasteiger partial charge in [0.2, 0.25) is 5.95 Å². The lowest BCUT2D eigenvalue weighted by Gasteiger charge is -2.15. The predicted octanol–water partition coefficient (Wildman–Crippen LogP) is 4.00. The number of aromatic nitrogens is 5. The van der Waals surface area contributed by atoms with E-state index in [0.29, 0.717) is 17.6 Å². The maximum Gasteiger partial charge on any atom is 0.247 e. The molecule has 2 N–H and O–H groups in total. The van der Waals surface area contributed by atoms with Crippen LogP contribution >= 0.6 is 0 Å². The number of para-hydroxylation sites is 1. The summed E-state index contributed by atoms with van der Waals surface area (Å²) in [5, 5.41) is 11.5. The van der Waals surface area contributed by atoms with Gasteiger partial charge in [0.1, 0.15) is 11.6 Å². The molecular weight excluding hydrogens is 350 g/mol. The van der Waals surface area contributed by atoms with Crippen molar-refractivity contribution in [3.63, 3.8) is 0 Å². The zero-order valence-corrected chi connectivity index (χ0v) is 16.1. The monoisotopic (exact) mass is 373 g/mol. The van der Waals surface area contributed by atoms with Crippen LogP contribution in [0.3, 0.4) is 0 Å². The highest BCUT2D eigenvalue weighted by molar-refractivity contribution is 5.91. The number of nitrogens with zero attached hydrogens (tertiary/aromatic N) is 5. The maximum absolute atomic E-state index is 4.74. The van der Waals surface area contributed by atoms with Gasteiger partial charge in [0.05, 0.1) is 12.1 Å². The molecule has 2 heterocycles. The first-order chi connectivity index (χ1) is 13.8. The molecule has 0 amide bonds. The molecule has 0 bridgehead atoms. The molecule has 0 fully saturated rings. The zero-order valence-electron chi connectivity index (χ0n) is 16.1. The van der Waals surface area contributed by atoms with Gasteiger partial charge in [0, 0.05) is 10.9 Å². The maximum atomic E-state index is 4.74. The highest BCUT2D eigenvalue weighted by Crippen LogP contribution is 2.26. The molecule has 2 aromatic carbocycles. The second-order valence-electron chi connectivity index (χ2n) is 6.47. The van der Waals surface area contributed by atoms with Crippen molar-refractivity contribution in [2.45, 2.75) is 20.4 Å². The van der Waals surface area contributed by atoms with E-state index < -0.39 is 0 Å². The van der Waals surface area contributed by atoms with Gasteiger partial charge in [0.25, 0.3) is 0 Å². The first-order valence-electron chi connectivity index (χ1n) is 9.49. The van der Waals surface area contributed by atoms with E-state index in [9.17, 15) is 0 Å². The van der Waals surface area contributed by atoms with Crippen molar-refractivity contribution in [2.24, 2.45) is 0 Å². The van der Waals surface area contributed by atoms with Crippen LogP contribution in [-0.4, -0.2) is 43.1 Å². The molecule has 142 valence electrons. The second-order valence-corrected chi connectivity index (χ2v) is 6.47. The van der Waals surface area contributed by atoms with Crippen LogP contribution in [0.1, 0.15) is 19.7 Å². The number of benzene rings is 2. The normalized spacial score (nSPS) is 11.2. The van der Waals surface area contributed by atoms with Crippen LogP contribution in [0.25, 0.3) is 22.3 Å². The Kier molecular flexibility index (Phi) is 5.25. The molecule has 2 aromatic heterocycles. The van der Waals surface area contributed by atoms with E-state index in [4.69, 9.17) is 9.97 Å². The van der Waals surface area contributed by atoms with Gasteiger partial charge in [-0.05, 0) is 25.2 Å². The Morgan fingerprint density at radius 2 is 1.64 bits per heavy atom. The summed E-state index contributed by atoms with van der Waals surface area (Å²) < 4.78 is 0. The highest BCUT2D eigenvalue weighted by Gasteiger charge is 2.12. The Bertz CT molecular complexity index is 1050. The molecular formula is C21H23N7. The molecule has 0 spiro atoms. The number of hydrogen-bond donors (Lipinski definition) is 2. The van der Waals surface area contributed by atoms with Gasteiger partial charge in [-0.1, -0.05) is 56.3 Å². The van der Waals surface area contributed by atoms with Gasteiger partial charge in [-0.3, -0.25) is 10.00 Å². The minimum Gasteiger partial charge on any atom is -0.307 e. The minimum absolute atomic E-state index is 0.505. The fraction of sp³-hybridized carbons (Fsp3) is 0.238. The molecule has 0 aliphatic carbocycles. The van der Waals surface area contributed by atoms with E-state index in [1.54, 1.807) is 0 Å². The van der Waals surface area contributed by atoms with Crippen LogP contribution in [0.2, 0.25) is 0 Å². The molecule has 0 atom stereocenters. The Morgan fingerprint density at radius 1 is 0.893 bits per heavy atom. The number of rotatable bonds is 7. The van der Waals surface area contributed by atoms with E-state index in [1.165, 1.54) is 0 Å². The summed E-state index contributed by atoms with van der Waals surface area (Å²) in [6, 6.07) is 17.9. The van der Waals surface area contributed by atoms with E-state index in [-0.39, 0.29) is 0 Å². The van der Waals surface area contributed by atoms with Crippen LogP contribution in [0.4, 0.5) is 11.8 Å². The Balaban J connectivity index is 1.67. The lowest BCUT2D eigenvalue weighted by atomic mass is 10.2. The van der Waals surface area contributed by atoms with Crippen LogP contribution in [-0.2, 0) is 6.54 Å². The van der Waals surface area contributed by atoms with Gasteiger partial charge in [-0.15, -0.1) is 5.10 Å². The average Bonchev–Trinajstić information content (AvgIpc) is 3.19. The number of anilines is 2. The van der Waals surface area contributed by atoms with Gasteiger partial charge in [-0.2, -0.15) is 4.98 Å². The number of hydrogen-bond acceptors (Lipinski definition) is 6. The molecule has 0 radical (unpaired) electrons. The summed E-state index contributed by atoms with van der Waals surface area (Å²) in [4.78, 5) is 16.3. The molecule has 28 heavy (non-hydrogen) atoms. The van der Waals surface area contributed by atoms with E-state index in [1.807, 2.05) is 54.6 Å². The van der Waals surface area contributed by atoms with Gasteiger partial charge in [-0.25, -0.2) is 9.97 Å². The summed E-state index contributed by atoms with van der Waals surface area (Å²) in [5.74, 6) is 2.69. The quantitative estimate of drug-likeness (QED) is 0.509. The van der Waals surface area contributed by atoms with E-state index >= 15 is 0 Å². The van der Waals surface area contributed by atoms with Crippen LogP contribution < -0.4 is 5.32 Å². The summed E-state index contributed by atoms with van der Waals surface area (Å²) in [5.41, 5.74) is 1.84. The Hall–Kier alpha value is -3.32. The predicted molar refractivity (Wildman–Crippen MR) is 111 cm³/mol. The minimum atomic E-state index is 0.505. The van der Waals surface area contributed by atoms with Crippen LogP contribution in [0.5, 0.6) is 0 Å². The van der Waals surface area contributed by atoms with Gasteiger partial charge in [0.15, 0.2) is 5.82 Å². The fourth-order valence-corrected chi connectivity index (χ4v) is 3.08. The number of aromatic amines is 1. The van der Waals surface area contributed by atoms with Crippen molar-refractivity contribution >= 4 is 22.7 Å². The van der Waals surface area contributed by atoms with E-state index in [0.717, 1.165) is 41.9 Å². The molecule has 0 aliphatic heterocycles. The van der Waals surface area contributed by atoms with Crippen molar-refractivity contribution in [2.75, 3.05) is 18.4 Å². The summed E-state index contributed by atoms with van der Waals surface area (Å²) in [6.07, 6.45) is 0. The lowest BCUT2D eigenvalue weighted by Crippen LogP contribution is -2.22. The largest absolute Gasteiger partial charge is 0.307 e. The van der Waals surface area contributed by atoms with Gasteiger partial charge >= 0.3 is 0 Å². The topological polar surface area (TPSA) is 82.6 Å². The third-order valence-corrected chi connectivity index (χ3v) is 4.66. The third-order valence-electron chi connectivity index (χ3n) is 4.66. The van der Waals surface area contributed by atoms with Crippen LogP contribution in [0, 0.1) is 0 Å². The number of fused-ring (bicyclic) bond motifs is 1. The molecule has 7 heteroatoms. The molecule has 0 unspecified atom stereocenters. The zero-order chi connectivity index (χ0) is 19.3. The summed E-state index contributed by atoms with van der Waals surface area (Å²) >= 11 is 0. The molecule has 0 saturated heterocycles. The van der Waals surface area contributed by atoms with E-state index in [2.05, 4.69) is 39.2 Å². The smallest absolute Gasteiger partial charge is 0.247 e. The molecule has 7 nitrogen and oxygen atoms in total. The van der Waals surface area contributed by atoms with Crippen molar-refractivity contribution in [3.8, 4) is 11.4 Å². The number of nitrogens with one attached hydrogen (secondary N) is 2. The summed E-state index contributed by atoms with van der Waals surface area (Å²) in [6.45, 7) is 6.95. The Morgan fingerprint density at radius 3 is 2.43 bits per heavy atom. The molecule has 4 rings (SSSR count). The van der Waals surface area contributed by atoms with Crippen molar-refractivity contribution in [1.82, 2.24) is 30.0 Å². The second kappa shape index (κ2) is 8.14. The fourth-order valence-electron chi connectivity index (χ4n) is 3.08. The van der Waals surface area contributed by atoms with Crippen molar-refractivity contribution in [3.05, 3.63) is 60.4 Å². The first-order valence-corrected chi connectivity index (χ1v) is 9.49. The average molecular weight is 373 g/mol. The lowest BCUT2D eigenvalue weighted by molar-refractivity contribution is 0.288. The first kappa shape index (κ1) is 18.1. The van der Waals surface area contributed by atoms with Crippen molar-refractivity contribution in [1.29, 1.82) is 0 Å². The molecule has 4 aromatic rings. The Labute approximate surface area is 163 Å². The third kappa shape index (κ3) is 3.84. The highest BCUT2D eigenvalue weighted by atomic mass is 15.3. The molecule has 0 saturated carbocycles. The van der Waals surface area contributed by atoms with Gasteiger partial charge < -0.3 is 5.32 Å². The summed E-state index contributed by atoms with van der Waals surface area (Å²) in [7, 11) is 0. The SMILES string of the molecule is CCN(CC)Cc1nc(Nc2nc(-c3ccccc3)nc3ccccc23)n[nH]1. The molecule has 0 aliphatic rings.